The fraction of sp³-hybridized carbons (Fsp3) is 0.222. The number of carbonyl (C=O) groups excluding carboxylic acids is 1. The molecular weight excluding hydrogens is 235 g/mol. The molecule has 88 valence electrons. The second kappa shape index (κ2) is 6.78. The van der Waals surface area contributed by atoms with Gasteiger partial charge < -0.3 is 5.32 Å². The van der Waals surface area contributed by atoms with Crippen LogP contribution in [0.25, 0.3) is 0 Å². The van der Waals surface area contributed by atoms with E-state index in [0.717, 1.165) is 6.07 Å². The van der Waals surface area contributed by atoms with E-state index in [1.807, 2.05) is 0 Å². The van der Waals surface area contributed by atoms with Crippen molar-refractivity contribution in [1.29, 1.82) is 0 Å². The lowest BCUT2D eigenvalue weighted by Gasteiger charge is -2.00. The Morgan fingerprint density at radius 2 is 2.06 bits per heavy atom. The molecule has 0 saturated carbocycles. The molecule has 0 aliphatic heterocycles. The van der Waals surface area contributed by atoms with Crippen LogP contribution in [0, 0.1) is 15.9 Å². The monoisotopic (exact) mass is 246 g/mol. The molecule has 0 aliphatic carbocycles. The van der Waals surface area contributed by atoms with Crippen LogP contribution in [0.5, 0.6) is 0 Å². The minimum atomic E-state index is -1.11. The number of nitro groups is 1. The third kappa shape index (κ3) is 3.20. The number of nitro benzene ring substituents is 1. The highest BCUT2D eigenvalue weighted by Gasteiger charge is 2.20. The first kappa shape index (κ1) is 14.4. The summed E-state index contributed by atoms with van der Waals surface area (Å²) in [7, 11) is 1.32. The number of hydrogen-bond acceptors (Lipinski definition) is 4. The third-order valence-corrected chi connectivity index (χ3v) is 1.65. The van der Waals surface area contributed by atoms with Gasteiger partial charge in [-0.2, -0.15) is 17.0 Å². The molecule has 1 rings (SSSR count). The van der Waals surface area contributed by atoms with Gasteiger partial charge >= 0.3 is 5.69 Å². The zero-order valence-corrected chi connectivity index (χ0v) is 9.62. The van der Waals surface area contributed by atoms with Gasteiger partial charge in [0.05, 0.1) is 10.5 Å². The molecule has 0 unspecified atom stereocenters. The van der Waals surface area contributed by atoms with Crippen LogP contribution in [0.4, 0.5) is 10.1 Å². The van der Waals surface area contributed by atoms with E-state index >= 15 is 0 Å². The van der Waals surface area contributed by atoms with Gasteiger partial charge in [0.25, 0.3) is 5.91 Å². The standard InChI is InChI=1S/C8H7FN2O3.CH4S/c1-10-8(12)5-3-2-4-6(7(5)9)11(13)14;1-2/h2-4H,1H3,(H,10,12);2H,1H3. The number of nitrogens with one attached hydrogen (secondary N) is 1. The van der Waals surface area contributed by atoms with Gasteiger partial charge in [-0.25, -0.2) is 0 Å². The van der Waals surface area contributed by atoms with E-state index in [4.69, 9.17) is 0 Å². The lowest BCUT2D eigenvalue weighted by molar-refractivity contribution is -0.387. The van der Waals surface area contributed by atoms with E-state index in [1.54, 1.807) is 6.26 Å². The van der Waals surface area contributed by atoms with Gasteiger partial charge in [-0.05, 0) is 12.3 Å². The Kier molecular flexibility index (Phi) is 6.09. The summed E-state index contributed by atoms with van der Waals surface area (Å²) in [6, 6.07) is 3.44. The topological polar surface area (TPSA) is 72.2 Å². The summed E-state index contributed by atoms with van der Waals surface area (Å²) < 4.78 is 13.3. The highest BCUT2D eigenvalue weighted by molar-refractivity contribution is 7.79. The lowest BCUT2D eigenvalue weighted by Crippen LogP contribution is -2.19. The number of thiol groups is 1. The predicted octanol–water partition coefficient (Wildman–Crippen LogP) is 1.64. The first-order valence-electron chi connectivity index (χ1n) is 4.17. The maximum Gasteiger partial charge on any atom is 0.305 e. The van der Waals surface area contributed by atoms with Gasteiger partial charge in [0.15, 0.2) is 0 Å². The molecule has 16 heavy (non-hydrogen) atoms. The quantitative estimate of drug-likeness (QED) is 0.473. The van der Waals surface area contributed by atoms with Crippen molar-refractivity contribution in [3.05, 3.63) is 39.7 Å². The average Bonchev–Trinajstić information content (AvgIpc) is 2.30. The van der Waals surface area contributed by atoms with E-state index in [0.29, 0.717) is 0 Å². The van der Waals surface area contributed by atoms with Gasteiger partial charge in [-0.1, -0.05) is 6.07 Å². The number of benzene rings is 1. The molecule has 0 aromatic heterocycles. The van der Waals surface area contributed by atoms with Crippen molar-refractivity contribution >= 4 is 24.2 Å². The molecule has 0 aliphatic rings. The molecule has 5 nitrogen and oxygen atoms in total. The van der Waals surface area contributed by atoms with Crippen molar-refractivity contribution in [3.8, 4) is 0 Å². The zero-order chi connectivity index (χ0) is 12.7. The van der Waals surface area contributed by atoms with Gasteiger partial charge in [0.1, 0.15) is 0 Å². The molecule has 0 fully saturated rings. The van der Waals surface area contributed by atoms with Crippen molar-refractivity contribution in [2.75, 3.05) is 13.3 Å². The van der Waals surface area contributed by atoms with Crippen LogP contribution in [0.3, 0.4) is 0 Å². The van der Waals surface area contributed by atoms with E-state index < -0.39 is 22.3 Å². The van der Waals surface area contributed by atoms with Crippen LogP contribution in [-0.2, 0) is 0 Å². The number of hydrogen-bond donors (Lipinski definition) is 2. The van der Waals surface area contributed by atoms with E-state index in [1.165, 1.54) is 19.2 Å². The minimum absolute atomic E-state index is 0.332. The SMILES string of the molecule is CNC(=O)c1cccc([N+](=O)[O-])c1F.CS. The van der Waals surface area contributed by atoms with Gasteiger partial charge in [-0.3, -0.25) is 14.9 Å². The first-order chi connectivity index (χ1) is 7.57. The predicted molar refractivity (Wildman–Crippen MR) is 61.4 cm³/mol. The van der Waals surface area contributed by atoms with Crippen molar-refractivity contribution in [2.24, 2.45) is 0 Å². The van der Waals surface area contributed by atoms with Gasteiger partial charge in [-0.15, -0.1) is 0 Å². The highest BCUT2D eigenvalue weighted by atomic mass is 32.1. The zero-order valence-electron chi connectivity index (χ0n) is 8.73. The van der Waals surface area contributed by atoms with Crippen molar-refractivity contribution in [1.82, 2.24) is 5.32 Å². The molecule has 0 heterocycles. The van der Waals surface area contributed by atoms with E-state index in [9.17, 15) is 19.3 Å². The molecule has 0 bridgehead atoms. The molecule has 1 N–H and O–H groups in total. The summed E-state index contributed by atoms with van der Waals surface area (Å²) in [5.41, 5.74) is -1.03. The summed E-state index contributed by atoms with van der Waals surface area (Å²) >= 11 is 3.53. The molecule has 0 spiro atoms. The molecule has 1 aromatic carbocycles. The van der Waals surface area contributed by atoms with E-state index in [2.05, 4.69) is 17.9 Å². The van der Waals surface area contributed by atoms with Crippen molar-refractivity contribution in [3.63, 3.8) is 0 Å². The van der Waals surface area contributed by atoms with Gasteiger partial charge in [0.2, 0.25) is 5.82 Å². The molecule has 7 heteroatoms. The largest absolute Gasteiger partial charge is 0.355 e. The molecule has 1 amide bonds. The van der Waals surface area contributed by atoms with Crippen LogP contribution in [0.1, 0.15) is 10.4 Å². The average molecular weight is 246 g/mol. The maximum absolute atomic E-state index is 13.3. The fourth-order valence-corrected chi connectivity index (χ4v) is 0.971. The molecule has 0 atom stereocenters. The highest BCUT2D eigenvalue weighted by Crippen LogP contribution is 2.19. The molecular formula is C9H11FN2O3S. The Morgan fingerprint density at radius 3 is 2.50 bits per heavy atom. The van der Waals surface area contributed by atoms with Crippen LogP contribution in [-0.4, -0.2) is 24.1 Å². The van der Waals surface area contributed by atoms with Crippen molar-refractivity contribution in [2.45, 2.75) is 0 Å². The second-order valence-corrected chi connectivity index (χ2v) is 2.47. The summed E-state index contributed by atoms with van der Waals surface area (Å²) in [5.74, 6) is -1.80. The minimum Gasteiger partial charge on any atom is -0.355 e. The summed E-state index contributed by atoms with van der Waals surface area (Å²) in [6.45, 7) is 0. The fourth-order valence-electron chi connectivity index (χ4n) is 0.971. The second-order valence-electron chi connectivity index (χ2n) is 2.47. The Bertz CT molecular complexity index is 398. The lowest BCUT2D eigenvalue weighted by atomic mass is 10.2. The van der Waals surface area contributed by atoms with Crippen molar-refractivity contribution < 1.29 is 14.1 Å². The Hall–Kier alpha value is -1.63. The van der Waals surface area contributed by atoms with Crippen LogP contribution >= 0.6 is 12.6 Å². The van der Waals surface area contributed by atoms with E-state index in [-0.39, 0.29) is 5.56 Å². The molecule has 1 aromatic rings. The number of amides is 1. The number of rotatable bonds is 2. The van der Waals surface area contributed by atoms with Crippen LogP contribution in [0.15, 0.2) is 18.2 Å². The summed E-state index contributed by atoms with van der Waals surface area (Å²) in [6.07, 6.45) is 1.69. The Labute approximate surface area is 97.2 Å². The maximum atomic E-state index is 13.3. The molecule has 0 radical (unpaired) electrons. The number of nitrogens with zero attached hydrogens (tertiary/aromatic N) is 1. The smallest absolute Gasteiger partial charge is 0.305 e. The van der Waals surface area contributed by atoms with Crippen LogP contribution in [0.2, 0.25) is 0 Å². The Morgan fingerprint density at radius 1 is 1.50 bits per heavy atom. The number of carbonyl (C=O) groups is 1. The summed E-state index contributed by atoms with van der Waals surface area (Å²) in [4.78, 5) is 20.5. The normalized spacial score (nSPS) is 8.75. The molecule has 0 saturated heterocycles. The number of halogens is 1. The third-order valence-electron chi connectivity index (χ3n) is 1.65. The summed E-state index contributed by atoms with van der Waals surface area (Å²) in [5, 5.41) is 12.5. The van der Waals surface area contributed by atoms with Crippen LogP contribution < -0.4 is 5.32 Å². The van der Waals surface area contributed by atoms with Gasteiger partial charge in [0, 0.05) is 13.1 Å². The first-order valence-corrected chi connectivity index (χ1v) is 5.07. The Balaban J connectivity index is 0.00000106.